The smallest absolute Gasteiger partial charge is 0.252 e. The van der Waals surface area contributed by atoms with Gasteiger partial charge in [-0.15, -0.1) is 12.4 Å². The zero-order valence-corrected chi connectivity index (χ0v) is 15.3. The van der Waals surface area contributed by atoms with Crippen molar-refractivity contribution in [2.24, 2.45) is 5.92 Å². The Labute approximate surface area is 154 Å². The Bertz CT molecular complexity index is 665. The molecule has 0 aromatic heterocycles. The molecular formula is C19H23ClN2OS. The van der Waals surface area contributed by atoms with Crippen LogP contribution in [0.1, 0.15) is 23.7 Å². The summed E-state index contributed by atoms with van der Waals surface area (Å²) in [5.74, 6) is 0.527. The van der Waals surface area contributed by atoms with Crippen molar-refractivity contribution in [3.8, 4) is 0 Å². The number of rotatable bonds is 4. The van der Waals surface area contributed by atoms with Gasteiger partial charge in [-0.1, -0.05) is 49.0 Å². The molecule has 3 rings (SSSR count). The fraction of sp³-hybridized carbons (Fsp3) is 0.316. The van der Waals surface area contributed by atoms with E-state index < -0.39 is 0 Å². The van der Waals surface area contributed by atoms with E-state index in [1.807, 2.05) is 42.5 Å². The molecule has 2 unspecified atom stereocenters. The molecule has 1 aliphatic rings. The maximum absolute atomic E-state index is 12.7. The molecule has 24 heavy (non-hydrogen) atoms. The van der Waals surface area contributed by atoms with Gasteiger partial charge in [0.25, 0.3) is 5.91 Å². The molecule has 1 aliphatic heterocycles. The van der Waals surface area contributed by atoms with Gasteiger partial charge >= 0.3 is 0 Å². The summed E-state index contributed by atoms with van der Waals surface area (Å²) in [7, 11) is 0. The highest BCUT2D eigenvalue weighted by atomic mass is 35.5. The van der Waals surface area contributed by atoms with Crippen LogP contribution in [0.15, 0.2) is 64.4 Å². The second-order valence-electron chi connectivity index (χ2n) is 5.96. The predicted octanol–water partition coefficient (Wildman–Crippen LogP) is 3.99. The molecular weight excluding hydrogens is 340 g/mol. The van der Waals surface area contributed by atoms with Gasteiger partial charge in [-0.3, -0.25) is 4.79 Å². The summed E-state index contributed by atoms with van der Waals surface area (Å²) >= 11 is 1.63. The molecule has 1 fully saturated rings. The van der Waals surface area contributed by atoms with Crippen LogP contribution in [-0.2, 0) is 0 Å². The molecule has 0 aliphatic carbocycles. The van der Waals surface area contributed by atoms with Gasteiger partial charge in [-0.25, -0.2) is 0 Å². The third kappa shape index (κ3) is 4.76. The van der Waals surface area contributed by atoms with E-state index in [1.54, 1.807) is 11.8 Å². The van der Waals surface area contributed by atoms with Crippen molar-refractivity contribution in [2.45, 2.75) is 29.2 Å². The molecule has 2 atom stereocenters. The number of hydrogen-bond donors (Lipinski definition) is 2. The maximum Gasteiger partial charge on any atom is 0.252 e. The Hall–Kier alpha value is -1.49. The molecule has 0 saturated carbocycles. The number of benzene rings is 2. The Morgan fingerprint density at radius 3 is 2.58 bits per heavy atom. The van der Waals surface area contributed by atoms with E-state index >= 15 is 0 Å². The number of halogens is 1. The van der Waals surface area contributed by atoms with Gasteiger partial charge < -0.3 is 10.6 Å². The van der Waals surface area contributed by atoms with Crippen molar-refractivity contribution in [1.82, 2.24) is 10.6 Å². The van der Waals surface area contributed by atoms with E-state index in [2.05, 4.69) is 29.7 Å². The number of nitrogens with one attached hydrogen (secondary N) is 2. The fourth-order valence-electron chi connectivity index (χ4n) is 2.79. The monoisotopic (exact) mass is 362 g/mol. The first-order valence-electron chi connectivity index (χ1n) is 8.07. The van der Waals surface area contributed by atoms with E-state index in [9.17, 15) is 4.79 Å². The van der Waals surface area contributed by atoms with Gasteiger partial charge in [0.1, 0.15) is 0 Å². The summed E-state index contributed by atoms with van der Waals surface area (Å²) < 4.78 is 0. The average Bonchev–Trinajstić information content (AvgIpc) is 2.58. The number of amides is 1. The van der Waals surface area contributed by atoms with Crippen molar-refractivity contribution in [1.29, 1.82) is 0 Å². The van der Waals surface area contributed by atoms with Crippen molar-refractivity contribution in [3.63, 3.8) is 0 Å². The topological polar surface area (TPSA) is 41.1 Å². The lowest BCUT2D eigenvalue weighted by molar-refractivity contribution is 0.0912. The second kappa shape index (κ2) is 9.11. The number of piperidine rings is 1. The summed E-state index contributed by atoms with van der Waals surface area (Å²) in [5.41, 5.74) is 0.749. The Kier molecular flexibility index (Phi) is 7.16. The van der Waals surface area contributed by atoms with Gasteiger partial charge in [0.2, 0.25) is 0 Å². The van der Waals surface area contributed by atoms with Crippen LogP contribution in [0.2, 0.25) is 0 Å². The normalized spacial score (nSPS) is 20.0. The second-order valence-corrected chi connectivity index (χ2v) is 7.08. The maximum atomic E-state index is 12.7. The SMILES string of the molecule is CC1CCNCC1NC(=O)c1ccccc1Sc1ccccc1.Cl. The Morgan fingerprint density at radius 2 is 1.83 bits per heavy atom. The molecule has 2 aromatic carbocycles. The quantitative estimate of drug-likeness (QED) is 0.864. The molecule has 1 saturated heterocycles. The van der Waals surface area contributed by atoms with Crippen LogP contribution in [0.4, 0.5) is 0 Å². The van der Waals surface area contributed by atoms with Gasteiger partial charge in [0, 0.05) is 22.4 Å². The summed E-state index contributed by atoms with van der Waals surface area (Å²) in [6, 6.07) is 18.2. The van der Waals surface area contributed by atoms with E-state index in [1.165, 1.54) is 0 Å². The lowest BCUT2D eigenvalue weighted by atomic mass is 9.94. The highest BCUT2D eigenvalue weighted by Crippen LogP contribution is 2.30. The molecule has 2 aromatic rings. The first kappa shape index (κ1) is 18.8. The minimum Gasteiger partial charge on any atom is -0.348 e. The largest absolute Gasteiger partial charge is 0.348 e. The highest BCUT2D eigenvalue weighted by Gasteiger charge is 2.23. The van der Waals surface area contributed by atoms with E-state index in [-0.39, 0.29) is 24.4 Å². The van der Waals surface area contributed by atoms with Crippen molar-refractivity contribution in [2.75, 3.05) is 13.1 Å². The van der Waals surface area contributed by atoms with Crippen LogP contribution in [0, 0.1) is 5.92 Å². The Morgan fingerprint density at radius 1 is 1.12 bits per heavy atom. The number of carbonyl (C=O) groups is 1. The van der Waals surface area contributed by atoms with Gasteiger partial charge in [0.05, 0.1) is 5.56 Å². The van der Waals surface area contributed by atoms with E-state index in [0.29, 0.717) is 5.92 Å². The minimum absolute atomic E-state index is 0. The molecule has 1 heterocycles. The first-order valence-corrected chi connectivity index (χ1v) is 8.89. The van der Waals surface area contributed by atoms with Crippen LogP contribution < -0.4 is 10.6 Å². The number of hydrogen-bond acceptors (Lipinski definition) is 3. The van der Waals surface area contributed by atoms with E-state index in [4.69, 9.17) is 0 Å². The molecule has 2 N–H and O–H groups in total. The van der Waals surface area contributed by atoms with Gasteiger partial charge in [-0.05, 0) is 43.1 Å². The van der Waals surface area contributed by atoms with E-state index in [0.717, 1.165) is 34.9 Å². The molecule has 0 bridgehead atoms. The molecule has 0 radical (unpaired) electrons. The van der Waals surface area contributed by atoms with Crippen LogP contribution in [0.5, 0.6) is 0 Å². The summed E-state index contributed by atoms with van der Waals surface area (Å²) in [6.45, 7) is 4.09. The predicted molar refractivity (Wildman–Crippen MR) is 102 cm³/mol. The van der Waals surface area contributed by atoms with Crippen molar-refractivity contribution >= 4 is 30.1 Å². The molecule has 128 valence electrons. The minimum atomic E-state index is 0. The number of carbonyl (C=O) groups excluding carboxylic acids is 1. The molecule has 3 nitrogen and oxygen atoms in total. The van der Waals surface area contributed by atoms with Crippen LogP contribution >= 0.6 is 24.2 Å². The summed E-state index contributed by atoms with van der Waals surface area (Å²) in [6.07, 6.45) is 1.10. The van der Waals surface area contributed by atoms with Gasteiger partial charge in [0.15, 0.2) is 0 Å². The zero-order chi connectivity index (χ0) is 16.1. The van der Waals surface area contributed by atoms with Crippen LogP contribution in [0.25, 0.3) is 0 Å². The van der Waals surface area contributed by atoms with Gasteiger partial charge in [-0.2, -0.15) is 0 Å². The first-order chi connectivity index (χ1) is 11.2. The standard InChI is InChI=1S/C19H22N2OS.ClH/c1-14-11-12-20-13-17(14)21-19(22)16-9-5-6-10-18(16)23-15-7-3-2-4-8-15;/h2-10,14,17,20H,11-13H2,1H3,(H,21,22);1H. The van der Waals surface area contributed by atoms with Crippen LogP contribution in [-0.4, -0.2) is 25.0 Å². The van der Waals surface area contributed by atoms with Crippen molar-refractivity contribution in [3.05, 3.63) is 60.2 Å². The third-order valence-corrected chi connectivity index (χ3v) is 5.33. The zero-order valence-electron chi connectivity index (χ0n) is 13.7. The summed E-state index contributed by atoms with van der Waals surface area (Å²) in [4.78, 5) is 14.8. The average molecular weight is 363 g/mol. The Balaban J connectivity index is 0.00000208. The van der Waals surface area contributed by atoms with Crippen molar-refractivity contribution < 1.29 is 4.79 Å². The molecule has 5 heteroatoms. The lowest BCUT2D eigenvalue weighted by Gasteiger charge is -2.30. The molecule has 0 spiro atoms. The van der Waals surface area contributed by atoms with Crippen LogP contribution in [0.3, 0.4) is 0 Å². The summed E-state index contributed by atoms with van der Waals surface area (Å²) in [5, 5.41) is 6.55. The fourth-order valence-corrected chi connectivity index (χ4v) is 3.75. The highest BCUT2D eigenvalue weighted by molar-refractivity contribution is 7.99. The third-order valence-electron chi connectivity index (χ3n) is 4.25. The molecule has 1 amide bonds. The lowest BCUT2D eigenvalue weighted by Crippen LogP contribution is -2.50.